The average Bonchev–Trinajstić information content (AvgIpc) is 3.17. The van der Waals surface area contributed by atoms with E-state index in [-0.39, 0.29) is 22.3 Å². The Labute approximate surface area is 172 Å². The van der Waals surface area contributed by atoms with Gasteiger partial charge in [0.15, 0.2) is 0 Å². The molecule has 2 heterocycles. The molecule has 142 valence electrons. The Morgan fingerprint density at radius 2 is 1.89 bits per heavy atom. The lowest BCUT2D eigenvalue weighted by Crippen LogP contribution is -2.47. The number of hydrogen-bond acceptors (Lipinski definition) is 4. The highest BCUT2D eigenvalue weighted by molar-refractivity contribution is 6.38. The SMILES string of the molecule is N#Cc1ccc(CC23CCCN2C(=O)N(c2cc(Cl)cc(Cl)c2N)C3=O)cc1. The van der Waals surface area contributed by atoms with Crippen molar-refractivity contribution >= 4 is 46.5 Å². The zero-order chi connectivity index (χ0) is 20.1. The largest absolute Gasteiger partial charge is 0.396 e. The number of carbonyl (C=O) groups excluding carboxylic acids is 2. The fourth-order valence-corrected chi connectivity index (χ4v) is 4.54. The Bertz CT molecular complexity index is 1030. The Morgan fingerprint density at radius 1 is 1.18 bits per heavy atom. The molecule has 0 aromatic heterocycles. The normalized spacial score (nSPS) is 21.2. The Kier molecular flexibility index (Phi) is 4.45. The molecule has 2 aromatic carbocycles. The van der Waals surface area contributed by atoms with Crippen LogP contribution in [0.15, 0.2) is 36.4 Å². The van der Waals surface area contributed by atoms with Gasteiger partial charge in [-0.2, -0.15) is 5.26 Å². The van der Waals surface area contributed by atoms with E-state index in [9.17, 15) is 9.59 Å². The molecule has 3 amide bonds. The van der Waals surface area contributed by atoms with E-state index in [2.05, 4.69) is 6.07 Å². The molecule has 0 bridgehead atoms. The number of halogens is 2. The van der Waals surface area contributed by atoms with Crippen molar-refractivity contribution in [3.8, 4) is 6.07 Å². The van der Waals surface area contributed by atoms with Crippen molar-refractivity contribution in [1.29, 1.82) is 5.26 Å². The molecule has 2 fully saturated rings. The summed E-state index contributed by atoms with van der Waals surface area (Å²) < 4.78 is 0. The molecule has 28 heavy (non-hydrogen) atoms. The van der Waals surface area contributed by atoms with Gasteiger partial charge in [-0.1, -0.05) is 35.3 Å². The van der Waals surface area contributed by atoms with Crippen LogP contribution in [0.1, 0.15) is 24.0 Å². The number of fused-ring (bicyclic) bond motifs is 1. The fraction of sp³-hybridized carbons (Fsp3) is 0.250. The first-order chi connectivity index (χ1) is 13.4. The molecule has 2 aliphatic heterocycles. The molecular weight excluding hydrogens is 399 g/mol. The van der Waals surface area contributed by atoms with Crippen LogP contribution in [0.25, 0.3) is 0 Å². The van der Waals surface area contributed by atoms with Crippen LogP contribution in [-0.2, 0) is 11.2 Å². The number of nitrogens with zero attached hydrogens (tertiary/aromatic N) is 3. The van der Waals surface area contributed by atoms with E-state index < -0.39 is 11.6 Å². The molecule has 2 saturated heterocycles. The van der Waals surface area contributed by atoms with E-state index in [0.717, 1.165) is 16.9 Å². The smallest absolute Gasteiger partial charge is 0.332 e. The molecule has 0 aliphatic carbocycles. The minimum Gasteiger partial charge on any atom is -0.396 e. The summed E-state index contributed by atoms with van der Waals surface area (Å²) in [6, 6.07) is 11.7. The lowest BCUT2D eigenvalue weighted by atomic mass is 9.87. The number of nitrogens with two attached hydrogens (primary N) is 1. The van der Waals surface area contributed by atoms with Gasteiger partial charge in [-0.05, 0) is 42.7 Å². The number of nitriles is 1. The molecule has 2 aromatic rings. The van der Waals surface area contributed by atoms with E-state index in [1.54, 1.807) is 17.0 Å². The van der Waals surface area contributed by atoms with E-state index in [1.165, 1.54) is 12.1 Å². The highest BCUT2D eigenvalue weighted by Crippen LogP contribution is 2.45. The van der Waals surface area contributed by atoms with Crippen LogP contribution in [0.2, 0.25) is 10.0 Å². The number of benzene rings is 2. The van der Waals surface area contributed by atoms with Gasteiger partial charge in [-0.15, -0.1) is 0 Å². The van der Waals surface area contributed by atoms with E-state index >= 15 is 0 Å². The molecule has 0 radical (unpaired) electrons. The second kappa shape index (κ2) is 6.69. The average molecular weight is 415 g/mol. The van der Waals surface area contributed by atoms with Crippen molar-refractivity contribution in [3.63, 3.8) is 0 Å². The maximum atomic E-state index is 13.5. The number of carbonyl (C=O) groups is 2. The standard InChI is InChI=1S/C20H16Cl2N4O2/c21-14-8-15(22)17(24)16(9-14)26-18(27)20(6-1-7-25(20)19(26)28)10-12-2-4-13(11-23)5-3-12/h2-5,8-9H,1,6-7,10,24H2. The molecule has 2 aliphatic rings. The van der Waals surface area contributed by atoms with E-state index in [0.29, 0.717) is 30.0 Å². The summed E-state index contributed by atoms with van der Waals surface area (Å²) in [5, 5.41) is 9.46. The monoisotopic (exact) mass is 414 g/mol. The highest BCUT2D eigenvalue weighted by atomic mass is 35.5. The van der Waals surface area contributed by atoms with E-state index in [4.69, 9.17) is 34.2 Å². The molecule has 1 unspecified atom stereocenters. The molecular formula is C20H16Cl2N4O2. The number of imide groups is 1. The zero-order valence-electron chi connectivity index (χ0n) is 14.8. The molecule has 0 saturated carbocycles. The summed E-state index contributed by atoms with van der Waals surface area (Å²) >= 11 is 12.2. The first kappa shape index (κ1) is 18.6. The third kappa shape index (κ3) is 2.70. The maximum absolute atomic E-state index is 13.5. The molecule has 6 nitrogen and oxygen atoms in total. The highest BCUT2D eigenvalue weighted by Gasteiger charge is 2.60. The molecule has 2 N–H and O–H groups in total. The van der Waals surface area contributed by atoms with Crippen LogP contribution < -0.4 is 10.6 Å². The van der Waals surface area contributed by atoms with Crippen molar-refractivity contribution in [1.82, 2.24) is 4.90 Å². The Balaban J connectivity index is 1.75. The number of urea groups is 1. The van der Waals surface area contributed by atoms with Gasteiger partial charge in [0.1, 0.15) is 5.54 Å². The molecule has 1 atom stereocenters. The number of nitrogen functional groups attached to an aromatic ring is 1. The molecule has 0 spiro atoms. The van der Waals surface area contributed by atoms with Crippen molar-refractivity contribution in [2.24, 2.45) is 0 Å². The summed E-state index contributed by atoms with van der Waals surface area (Å²) in [6.07, 6.45) is 1.67. The number of rotatable bonds is 3. The third-order valence-electron chi connectivity index (χ3n) is 5.41. The van der Waals surface area contributed by atoms with Crippen LogP contribution in [0.5, 0.6) is 0 Å². The van der Waals surface area contributed by atoms with Crippen LogP contribution in [0.4, 0.5) is 16.2 Å². The van der Waals surface area contributed by atoms with Crippen LogP contribution in [-0.4, -0.2) is 28.9 Å². The molecule has 4 rings (SSSR count). The molecule has 8 heteroatoms. The van der Waals surface area contributed by atoms with Gasteiger partial charge in [0.25, 0.3) is 5.91 Å². The van der Waals surface area contributed by atoms with Gasteiger partial charge in [0, 0.05) is 18.0 Å². The number of amides is 3. The minimum atomic E-state index is -0.966. The predicted octanol–water partition coefficient (Wildman–Crippen LogP) is 3.99. The zero-order valence-corrected chi connectivity index (χ0v) is 16.3. The van der Waals surface area contributed by atoms with Gasteiger partial charge in [-0.25, -0.2) is 9.69 Å². The third-order valence-corrected chi connectivity index (χ3v) is 5.94. The summed E-state index contributed by atoms with van der Waals surface area (Å²) in [7, 11) is 0. The minimum absolute atomic E-state index is 0.141. The van der Waals surface area contributed by atoms with Crippen molar-refractivity contribution in [2.45, 2.75) is 24.8 Å². The fourth-order valence-electron chi connectivity index (χ4n) is 4.06. The predicted molar refractivity (Wildman–Crippen MR) is 107 cm³/mol. The summed E-state index contributed by atoms with van der Waals surface area (Å²) in [6.45, 7) is 0.492. The quantitative estimate of drug-likeness (QED) is 0.606. The second-order valence-corrected chi connectivity index (χ2v) is 7.86. The Hall–Kier alpha value is -2.75. The Morgan fingerprint density at radius 3 is 2.57 bits per heavy atom. The van der Waals surface area contributed by atoms with Crippen molar-refractivity contribution in [3.05, 3.63) is 57.6 Å². The maximum Gasteiger partial charge on any atom is 0.332 e. The topological polar surface area (TPSA) is 90.4 Å². The van der Waals surface area contributed by atoms with Crippen LogP contribution in [0, 0.1) is 11.3 Å². The van der Waals surface area contributed by atoms with Crippen LogP contribution >= 0.6 is 23.2 Å². The number of anilines is 2. The summed E-state index contributed by atoms with van der Waals surface area (Å²) in [5.41, 5.74) is 6.86. The van der Waals surface area contributed by atoms with Crippen molar-refractivity contribution < 1.29 is 9.59 Å². The summed E-state index contributed by atoms with van der Waals surface area (Å²) in [5.74, 6) is -0.329. The first-order valence-corrected chi connectivity index (χ1v) is 9.53. The lowest BCUT2D eigenvalue weighted by Gasteiger charge is -2.28. The van der Waals surface area contributed by atoms with E-state index in [1.807, 2.05) is 12.1 Å². The lowest BCUT2D eigenvalue weighted by molar-refractivity contribution is -0.123. The van der Waals surface area contributed by atoms with Gasteiger partial charge in [-0.3, -0.25) is 4.79 Å². The van der Waals surface area contributed by atoms with Gasteiger partial charge in [0.05, 0.1) is 28.0 Å². The first-order valence-electron chi connectivity index (χ1n) is 8.77. The number of hydrogen-bond donors (Lipinski definition) is 1. The van der Waals surface area contributed by atoms with Crippen LogP contribution in [0.3, 0.4) is 0 Å². The summed E-state index contributed by atoms with van der Waals surface area (Å²) in [4.78, 5) is 29.3. The van der Waals surface area contributed by atoms with Gasteiger partial charge < -0.3 is 10.6 Å². The van der Waals surface area contributed by atoms with Gasteiger partial charge in [0.2, 0.25) is 0 Å². The second-order valence-electron chi connectivity index (χ2n) is 7.02. The van der Waals surface area contributed by atoms with Gasteiger partial charge >= 0.3 is 6.03 Å². The van der Waals surface area contributed by atoms with Crippen molar-refractivity contribution in [2.75, 3.05) is 17.2 Å².